The highest BCUT2D eigenvalue weighted by molar-refractivity contribution is 5.78. The lowest BCUT2D eigenvalue weighted by atomic mass is 9.93. The number of carbonyl (C=O) groups excluding carboxylic acids is 1. The van der Waals surface area contributed by atoms with E-state index >= 15 is 0 Å². The smallest absolute Gasteiger partial charge is 0.223 e. The molecule has 0 bridgehead atoms. The molecule has 132 valence electrons. The number of ether oxygens (including phenoxy) is 1. The third kappa shape index (κ3) is 5.05. The lowest BCUT2D eigenvalue weighted by molar-refractivity contribution is -0.129. The molecule has 2 unspecified atom stereocenters. The van der Waals surface area contributed by atoms with Crippen LogP contribution in [0.3, 0.4) is 0 Å². The van der Waals surface area contributed by atoms with E-state index in [1.54, 1.807) is 0 Å². The second kappa shape index (κ2) is 8.63. The van der Waals surface area contributed by atoms with E-state index < -0.39 is 0 Å². The molecule has 2 aliphatic heterocycles. The molecule has 1 amide bonds. The standard InChI is InChI=1S/C20H30N2O2/c1-16-13-19(9-12-24-16)20(23)21-14-17-7-10-22(11-8-17)15-18-5-3-2-4-6-18/h2-6,16-17,19H,7-15H2,1H3,(H,21,23). The first-order chi connectivity index (χ1) is 11.7. The van der Waals surface area contributed by atoms with Gasteiger partial charge in [-0.2, -0.15) is 0 Å². The van der Waals surface area contributed by atoms with Crippen molar-refractivity contribution in [3.05, 3.63) is 35.9 Å². The maximum absolute atomic E-state index is 12.3. The maximum atomic E-state index is 12.3. The molecule has 2 saturated heterocycles. The number of nitrogens with one attached hydrogen (secondary N) is 1. The van der Waals surface area contributed by atoms with Gasteiger partial charge in [0.15, 0.2) is 0 Å². The van der Waals surface area contributed by atoms with Gasteiger partial charge in [0.25, 0.3) is 0 Å². The van der Waals surface area contributed by atoms with Crippen molar-refractivity contribution in [2.45, 2.75) is 45.3 Å². The Morgan fingerprint density at radius 1 is 1.21 bits per heavy atom. The average molecular weight is 330 g/mol. The van der Waals surface area contributed by atoms with Crippen molar-refractivity contribution in [2.75, 3.05) is 26.2 Å². The zero-order valence-electron chi connectivity index (χ0n) is 14.7. The van der Waals surface area contributed by atoms with Crippen LogP contribution >= 0.6 is 0 Å². The molecule has 0 spiro atoms. The highest BCUT2D eigenvalue weighted by Crippen LogP contribution is 2.21. The van der Waals surface area contributed by atoms with Gasteiger partial charge >= 0.3 is 0 Å². The fourth-order valence-electron chi connectivity index (χ4n) is 3.82. The van der Waals surface area contributed by atoms with Gasteiger partial charge in [-0.3, -0.25) is 9.69 Å². The van der Waals surface area contributed by atoms with Crippen LogP contribution < -0.4 is 5.32 Å². The van der Waals surface area contributed by atoms with E-state index in [2.05, 4.69) is 47.5 Å². The van der Waals surface area contributed by atoms with Gasteiger partial charge in [-0.1, -0.05) is 30.3 Å². The maximum Gasteiger partial charge on any atom is 0.223 e. The van der Waals surface area contributed by atoms with Crippen LogP contribution in [-0.2, 0) is 16.1 Å². The Hall–Kier alpha value is -1.39. The molecule has 4 heteroatoms. The number of piperidine rings is 1. The number of hydrogen-bond acceptors (Lipinski definition) is 3. The van der Waals surface area contributed by atoms with Crippen LogP contribution in [0.1, 0.15) is 38.2 Å². The third-order valence-corrected chi connectivity index (χ3v) is 5.38. The largest absolute Gasteiger partial charge is 0.378 e. The molecule has 24 heavy (non-hydrogen) atoms. The van der Waals surface area contributed by atoms with E-state index in [1.807, 2.05) is 0 Å². The Labute approximate surface area is 145 Å². The number of carbonyl (C=O) groups is 1. The van der Waals surface area contributed by atoms with Gasteiger partial charge in [0.2, 0.25) is 5.91 Å². The fraction of sp³-hybridized carbons (Fsp3) is 0.650. The number of rotatable bonds is 5. The van der Waals surface area contributed by atoms with Gasteiger partial charge in [0, 0.05) is 25.6 Å². The monoisotopic (exact) mass is 330 g/mol. The summed E-state index contributed by atoms with van der Waals surface area (Å²) < 4.78 is 5.53. The third-order valence-electron chi connectivity index (χ3n) is 5.38. The quantitative estimate of drug-likeness (QED) is 0.903. The van der Waals surface area contributed by atoms with Gasteiger partial charge in [-0.15, -0.1) is 0 Å². The Kier molecular flexibility index (Phi) is 6.27. The van der Waals surface area contributed by atoms with Gasteiger partial charge in [0.1, 0.15) is 0 Å². The van der Waals surface area contributed by atoms with Crippen molar-refractivity contribution >= 4 is 5.91 Å². The summed E-state index contributed by atoms with van der Waals surface area (Å²) in [5, 5.41) is 3.19. The summed E-state index contributed by atoms with van der Waals surface area (Å²) in [4.78, 5) is 14.8. The fourth-order valence-corrected chi connectivity index (χ4v) is 3.82. The molecule has 4 nitrogen and oxygen atoms in total. The van der Waals surface area contributed by atoms with Crippen LogP contribution in [0.25, 0.3) is 0 Å². The highest BCUT2D eigenvalue weighted by Gasteiger charge is 2.26. The molecule has 1 aromatic rings. The first-order valence-electron chi connectivity index (χ1n) is 9.36. The SMILES string of the molecule is CC1CC(C(=O)NCC2CCN(Cc3ccccc3)CC2)CCO1. The predicted molar refractivity (Wildman–Crippen MR) is 95.6 cm³/mol. The van der Waals surface area contributed by atoms with Crippen molar-refractivity contribution in [1.29, 1.82) is 0 Å². The Bertz CT molecular complexity index is 512. The lowest BCUT2D eigenvalue weighted by Crippen LogP contribution is -2.41. The summed E-state index contributed by atoms with van der Waals surface area (Å²) in [5.74, 6) is 1.00. The van der Waals surface area contributed by atoms with Gasteiger partial charge in [-0.05, 0) is 57.2 Å². The number of benzene rings is 1. The van der Waals surface area contributed by atoms with Gasteiger partial charge < -0.3 is 10.1 Å². The lowest BCUT2D eigenvalue weighted by Gasteiger charge is -2.32. The zero-order chi connectivity index (χ0) is 16.8. The van der Waals surface area contributed by atoms with E-state index in [9.17, 15) is 4.79 Å². The Morgan fingerprint density at radius 2 is 1.96 bits per heavy atom. The minimum atomic E-state index is 0.145. The summed E-state index contributed by atoms with van der Waals surface area (Å²) in [5.41, 5.74) is 1.39. The number of amides is 1. The first kappa shape index (κ1) is 17.4. The summed E-state index contributed by atoms with van der Waals surface area (Å²) >= 11 is 0. The van der Waals surface area contributed by atoms with Crippen molar-refractivity contribution < 1.29 is 9.53 Å². The minimum Gasteiger partial charge on any atom is -0.378 e. The summed E-state index contributed by atoms with van der Waals surface area (Å²) in [6, 6.07) is 10.7. The summed E-state index contributed by atoms with van der Waals surface area (Å²) in [6.07, 6.45) is 4.30. The first-order valence-corrected chi connectivity index (χ1v) is 9.36. The molecule has 2 aliphatic rings. The molecule has 2 fully saturated rings. The van der Waals surface area contributed by atoms with E-state index in [0.717, 1.165) is 45.6 Å². The van der Waals surface area contributed by atoms with E-state index in [4.69, 9.17) is 4.74 Å². The predicted octanol–water partition coefficient (Wildman–Crippen LogP) is 2.83. The van der Waals surface area contributed by atoms with Crippen LogP contribution in [0, 0.1) is 11.8 Å². The van der Waals surface area contributed by atoms with Crippen molar-refractivity contribution in [2.24, 2.45) is 11.8 Å². The molecule has 0 saturated carbocycles. The second-order valence-corrected chi connectivity index (χ2v) is 7.35. The molecular weight excluding hydrogens is 300 g/mol. The zero-order valence-corrected chi connectivity index (χ0v) is 14.7. The molecule has 1 N–H and O–H groups in total. The number of hydrogen-bond donors (Lipinski definition) is 1. The molecular formula is C20H30N2O2. The van der Waals surface area contributed by atoms with Crippen LogP contribution in [0.5, 0.6) is 0 Å². The molecule has 2 heterocycles. The molecule has 1 aromatic carbocycles. The van der Waals surface area contributed by atoms with Crippen molar-refractivity contribution in [3.8, 4) is 0 Å². The van der Waals surface area contributed by atoms with Crippen LogP contribution in [0.15, 0.2) is 30.3 Å². The minimum absolute atomic E-state index is 0.145. The second-order valence-electron chi connectivity index (χ2n) is 7.35. The average Bonchev–Trinajstić information content (AvgIpc) is 2.62. The Balaban J connectivity index is 1.35. The van der Waals surface area contributed by atoms with Crippen LogP contribution in [0.4, 0.5) is 0 Å². The van der Waals surface area contributed by atoms with Crippen molar-refractivity contribution in [1.82, 2.24) is 10.2 Å². The molecule has 0 aromatic heterocycles. The molecule has 2 atom stereocenters. The van der Waals surface area contributed by atoms with Crippen LogP contribution in [0.2, 0.25) is 0 Å². The normalized spacial score (nSPS) is 26.2. The van der Waals surface area contributed by atoms with Gasteiger partial charge in [0.05, 0.1) is 6.10 Å². The van der Waals surface area contributed by atoms with E-state index in [-0.39, 0.29) is 17.9 Å². The number of nitrogens with zero attached hydrogens (tertiary/aromatic N) is 1. The van der Waals surface area contributed by atoms with Crippen LogP contribution in [-0.4, -0.2) is 43.2 Å². The molecule has 0 radical (unpaired) electrons. The molecule has 3 rings (SSSR count). The topological polar surface area (TPSA) is 41.6 Å². The molecule has 0 aliphatic carbocycles. The van der Waals surface area contributed by atoms with E-state index in [0.29, 0.717) is 5.92 Å². The van der Waals surface area contributed by atoms with E-state index in [1.165, 1.54) is 18.4 Å². The summed E-state index contributed by atoms with van der Waals surface area (Å²) in [7, 11) is 0. The van der Waals surface area contributed by atoms with Crippen molar-refractivity contribution in [3.63, 3.8) is 0 Å². The number of likely N-dealkylation sites (tertiary alicyclic amines) is 1. The highest BCUT2D eigenvalue weighted by atomic mass is 16.5. The Morgan fingerprint density at radius 3 is 2.67 bits per heavy atom. The van der Waals surface area contributed by atoms with Gasteiger partial charge in [-0.25, -0.2) is 0 Å². The summed E-state index contributed by atoms with van der Waals surface area (Å²) in [6.45, 7) is 6.91.